The van der Waals surface area contributed by atoms with Crippen LogP contribution in [0, 0.1) is 0 Å². The number of nitrogens with zero attached hydrogens (tertiary/aromatic N) is 1. The molecule has 0 saturated heterocycles. The van der Waals surface area contributed by atoms with Crippen LogP contribution < -0.4 is 4.72 Å². The minimum atomic E-state index is -4.67. The normalized spacial score (nSPS) is 12.1. The van der Waals surface area contributed by atoms with Gasteiger partial charge in [0.1, 0.15) is 0 Å². The summed E-state index contributed by atoms with van der Waals surface area (Å²) in [5.41, 5.74) is -0.625. The molecule has 0 amide bonds. The number of hydrogen-bond acceptors (Lipinski definition) is 5. The summed E-state index contributed by atoms with van der Waals surface area (Å²) < 4.78 is 70.1. The van der Waals surface area contributed by atoms with Crippen LogP contribution in [0.4, 0.5) is 18.9 Å². The third-order valence-electron chi connectivity index (χ3n) is 3.67. The number of ether oxygens (including phenoxy) is 1. The molecular weight excluding hydrogens is 387 g/mol. The number of aromatic amines is 1. The Morgan fingerprint density at radius 3 is 2.59 bits per heavy atom. The number of nitrogens with one attached hydrogen (secondary N) is 2. The van der Waals surface area contributed by atoms with Gasteiger partial charge >= 0.3 is 12.1 Å². The Balaban J connectivity index is 1.98. The van der Waals surface area contributed by atoms with Crippen molar-refractivity contribution in [1.29, 1.82) is 0 Å². The average molecular weight is 399 g/mol. The number of halogens is 3. The largest absolute Gasteiger partial charge is 0.464 e. The quantitative estimate of drug-likeness (QED) is 0.657. The van der Waals surface area contributed by atoms with Crippen molar-refractivity contribution in [2.24, 2.45) is 0 Å². The van der Waals surface area contributed by atoms with E-state index in [4.69, 9.17) is 0 Å². The summed E-state index contributed by atoms with van der Waals surface area (Å²) in [5.74, 6) is -0.723. The van der Waals surface area contributed by atoms with E-state index in [1.165, 1.54) is 25.3 Å². The molecule has 3 rings (SSSR count). The zero-order valence-corrected chi connectivity index (χ0v) is 14.5. The lowest BCUT2D eigenvalue weighted by molar-refractivity contribution is -0.137. The second-order valence-corrected chi connectivity index (χ2v) is 7.14. The van der Waals surface area contributed by atoms with Gasteiger partial charge in [0.25, 0.3) is 10.0 Å². The summed E-state index contributed by atoms with van der Waals surface area (Å²) in [5, 5.41) is 6.69. The molecule has 1 heterocycles. The molecule has 0 atom stereocenters. The molecule has 0 saturated carbocycles. The lowest BCUT2D eigenvalue weighted by Gasteiger charge is -2.11. The summed E-state index contributed by atoms with van der Waals surface area (Å²) >= 11 is 0. The Kier molecular flexibility index (Phi) is 4.56. The number of anilines is 1. The number of rotatable bonds is 4. The fourth-order valence-corrected chi connectivity index (χ4v) is 3.48. The predicted molar refractivity (Wildman–Crippen MR) is 89.7 cm³/mol. The molecule has 0 spiro atoms. The van der Waals surface area contributed by atoms with Crippen LogP contribution in [0.25, 0.3) is 10.9 Å². The van der Waals surface area contributed by atoms with Crippen molar-refractivity contribution >= 4 is 32.6 Å². The topological polar surface area (TPSA) is 101 Å². The first-order valence-corrected chi connectivity index (χ1v) is 8.86. The van der Waals surface area contributed by atoms with E-state index in [2.05, 4.69) is 19.7 Å². The molecule has 1 aromatic heterocycles. The second kappa shape index (κ2) is 6.58. The van der Waals surface area contributed by atoms with Crippen molar-refractivity contribution in [2.75, 3.05) is 11.8 Å². The van der Waals surface area contributed by atoms with Crippen LogP contribution in [0.3, 0.4) is 0 Å². The minimum Gasteiger partial charge on any atom is -0.464 e. The van der Waals surface area contributed by atoms with E-state index in [0.29, 0.717) is 17.0 Å². The van der Waals surface area contributed by atoms with Gasteiger partial charge in [0.2, 0.25) is 0 Å². The Labute approximate surface area is 151 Å². The van der Waals surface area contributed by atoms with Gasteiger partial charge in [-0.25, -0.2) is 13.2 Å². The highest BCUT2D eigenvalue weighted by atomic mass is 32.2. The molecule has 27 heavy (non-hydrogen) atoms. The highest BCUT2D eigenvalue weighted by molar-refractivity contribution is 7.92. The van der Waals surface area contributed by atoms with Crippen molar-refractivity contribution in [2.45, 2.75) is 11.1 Å². The molecule has 3 aromatic rings. The molecule has 0 unspecified atom stereocenters. The number of benzene rings is 2. The smallest absolute Gasteiger partial charge is 0.416 e. The predicted octanol–water partition coefficient (Wildman–Crippen LogP) is 3.17. The highest BCUT2D eigenvalue weighted by Crippen LogP contribution is 2.31. The first-order chi connectivity index (χ1) is 12.6. The Morgan fingerprint density at radius 2 is 1.93 bits per heavy atom. The number of aromatic nitrogens is 2. The summed E-state index contributed by atoms with van der Waals surface area (Å²) in [6, 6.07) is 7.55. The van der Waals surface area contributed by atoms with Gasteiger partial charge in [0, 0.05) is 11.1 Å². The van der Waals surface area contributed by atoms with E-state index in [1.807, 2.05) is 0 Å². The second-order valence-electron chi connectivity index (χ2n) is 5.46. The highest BCUT2D eigenvalue weighted by Gasteiger charge is 2.31. The zero-order chi connectivity index (χ0) is 19.8. The fourth-order valence-electron chi connectivity index (χ4n) is 2.38. The minimum absolute atomic E-state index is 0.0477. The van der Waals surface area contributed by atoms with Crippen LogP contribution in [-0.4, -0.2) is 31.7 Å². The van der Waals surface area contributed by atoms with Gasteiger partial charge in [0.05, 0.1) is 23.1 Å². The van der Waals surface area contributed by atoms with Crippen molar-refractivity contribution in [3.8, 4) is 0 Å². The van der Waals surface area contributed by atoms with Gasteiger partial charge < -0.3 is 4.74 Å². The van der Waals surface area contributed by atoms with E-state index in [1.54, 1.807) is 0 Å². The average Bonchev–Trinajstić information content (AvgIpc) is 3.03. The monoisotopic (exact) mass is 399 g/mol. The number of esters is 1. The van der Waals surface area contributed by atoms with Crippen LogP contribution in [-0.2, 0) is 20.9 Å². The number of alkyl halides is 3. The third kappa shape index (κ3) is 3.72. The number of carbonyl (C=O) groups is 1. The molecule has 0 aliphatic carbocycles. The van der Waals surface area contributed by atoms with Crippen LogP contribution in [0.15, 0.2) is 47.4 Å². The molecular formula is C16H12F3N3O4S. The van der Waals surface area contributed by atoms with Gasteiger partial charge in [-0.15, -0.1) is 0 Å². The molecule has 7 nitrogen and oxygen atoms in total. The van der Waals surface area contributed by atoms with E-state index in [-0.39, 0.29) is 11.4 Å². The molecule has 2 aromatic carbocycles. The fraction of sp³-hybridized carbons (Fsp3) is 0.125. The van der Waals surface area contributed by atoms with Crippen molar-refractivity contribution in [3.05, 3.63) is 53.7 Å². The van der Waals surface area contributed by atoms with E-state index in [0.717, 1.165) is 18.2 Å². The number of methoxy groups -OCH3 is 1. The summed E-state index contributed by atoms with van der Waals surface area (Å²) in [6.45, 7) is 0. The van der Waals surface area contributed by atoms with Crippen LogP contribution >= 0.6 is 0 Å². The number of hydrogen-bond donors (Lipinski definition) is 2. The molecule has 0 aliphatic heterocycles. The maximum absolute atomic E-state index is 12.8. The standard InChI is InChI=1S/C16H12F3N3O4S/c1-26-15(23)14-12-8-10(5-6-13(12)20-21-14)22-27(24,25)11-4-2-3-9(7-11)16(17,18)19/h2-8,22H,1H3,(H,20,21). The van der Waals surface area contributed by atoms with E-state index in [9.17, 15) is 26.4 Å². The van der Waals surface area contributed by atoms with Gasteiger partial charge in [-0.3, -0.25) is 9.82 Å². The first kappa shape index (κ1) is 18.7. The molecule has 0 bridgehead atoms. The molecule has 0 fully saturated rings. The number of carbonyl (C=O) groups excluding carboxylic acids is 1. The number of fused-ring (bicyclic) bond motifs is 1. The number of sulfonamides is 1. The maximum Gasteiger partial charge on any atom is 0.416 e. The van der Waals surface area contributed by atoms with Gasteiger partial charge in [-0.1, -0.05) is 6.07 Å². The maximum atomic E-state index is 12.8. The van der Waals surface area contributed by atoms with Crippen LogP contribution in [0.1, 0.15) is 16.1 Å². The van der Waals surface area contributed by atoms with E-state index < -0.39 is 32.6 Å². The molecule has 2 N–H and O–H groups in total. The van der Waals surface area contributed by atoms with Crippen molar-refractivity contribution < 1.29 is 31.1 Å². The third-order valence-corrected chi connectivity index (χ3v) is 5.04. The van der Waals surface area contributed by atoms with Gasteiger partial charge in [-0.2, -0.15) is 18.3 Å². The van der Waals surface area contributed by atoms with E-state index >= 15 is 0 Å². The molecule has 0 aliphatic rings. The summed E-state index contributed by atoms with van der Waals surface area (Å²) in [4.78, 5) is 11.1. The van der Waals surface area contributed by atoms with Crippen molar-refractivity contribution in [3.63, 3.8) is 0 Å². The molecule has 142 valence electrons. The van der Waals surface area contributed by atoms with Crippen molar-refractivity contribution in [1.82, 2.24) is 10.2 Å². The summed E-state index contributed by atoms with van der Waals surface area (Å²) in [7, 11) is -3.11. The lowest BCUT2D eigenvalue weighted by atomic mass is 10.2. The first-order valence-electron chi connectivity index (χ1n) is 7.38. The Morgan fingerprint density at radius 1 is 1.19 bits per heavy atom. The lowest BCUT2D eigenvalue weighted by Crippen LogP contribution is -2.14. The zero-order valence-electron chi connectivity index (χ0n) is 13.7. The van der Waals surface area contributed by atoms with Gasteiger partial charge in [-0.05, 0) is 36.4 Å². The van der Waals surface area contributed by atoms with Gasteiger partial charge in [0.15, 0.2) is 5.69 Å². The Bertz CT molecular complexity index is 1120. The van der Waals surface area contributed by atoms with Crippen LogP contribution in [0.2, 0.25) is 0 Å². The number of H-pyrrole nitrogens is 1. The summed E-state index contributed by atoms with van der Waals surface area (Å²) in [6.07, 6.45) is -4.67. The van der Waals surface area contributed by atoms with Crippen LogP contribution in [0.5, 0.6) is 0 Å². The molecule has 0 radical (unpaired) electrons. The molecule has 11 heteroatoms. The SMILES string of the molecule is COC(=O)c1n[nH]c2ccc(NS(=O)(=O)c3cccc(C(F)(F)F)c3)cc12. The Hall–Kier alpha value is -3.08.